The molecule has 0 aromatic heterocycles. The van der Waals surface area contributed by atoms with E-state index in [0.717, 1.165) is 30.0 Å². The van der Waals surface area contributed by atoms with Crippen molar-refractivity contribution in [2.24, 2.45) is 0 Å². The predicted molar refractivity (Wildman–Crippen MR) is 55.4 cm³/mol. The highest BCUT2D eigenvalue weighted by molar-refractivity contribution is 5.53. The minimum Gasteiger partial charge on any atom is -0.488 e. The Morgan fingerprint density at radius 2 is 2.36 bits per heavy atom. The number of anilines is 1. The van der Waals surface area contributed by atoms with E-state index in [1.165, 1.54) is 0 Å². The molecule has 0 saturated carbocycles. The molecular formula is C11H15NO2. The first-order valence-electron chi connectivity index (χ1n) is 4.87. The lowest BCUT2D eigenvalue weighted by Gasteiger charge is -2.14. The van der Waals surface area contributed by atoms with E-state index in [1.807, 2.05) is 25.1 Å². The van der Waals surface area contributed by atoms with Crippen LogP contribution in [-0.2, 0) is 4.74 Å². The zero-order chi connectivity index (χ0) is 9.97. The smallest absolute Gasteiger partial charge is 0.124 e. The van der Waals surface area contributed by atoms with E-state index in [2.05, 4.69) is 0 Å². The Labute approximate surface area is 83.8 Å². The Kier molecular flexibility index (Phi) is 2.59. The van der Waals surface area contributed by atoms with Gasteiger partial charge in [0.25, 0.3) is 0 Å². The topological polar surface area (TPSA) is 44.5 Å². The molecule has 1 aliphatic heterocycles. The van der Waals surface area contributed by atoms with Crippen LogP contribution in [0.2, 0.25) is 0 Å². The van der Waals surface area contributed by atoms with Crippen LogP contribution in [0.5, 0.6) is 5.75 Å². The first kappa shape index (κ1) is 9.34. The Bertz CT molecular complexity index is 319. The molecule has 3 nitrogen and oxygen atoms in total. The van der Waals surface area contributed by atoms with Gasteiger partial charge in [-0.2, -0.15) is 0 Å². The van der Waals surface area contributed by atoms with Crippen LogP contribution < -0.4 is 10.5 Å². The molecule has 0 bridgehead atoms. The van der Waals surface area contributed by atoms with E-state index in [1.54, 1.807) is 0 Å². The number of hydrogen-bond acceptors (Lipinski definition) is 3. The molecule has 1 aliphatic rings. The van der Waals surface area contributed by atoms with Crippen LogP contribution in [0.15, 0.2) is 18.2 Å². The highest BCUT2D eigenvalue weighted by Crippen LogP contribution is 2.25. The number of ether oxygens (including phenoxy) is 2. The molecule has 1 fully saturated rings. The molecular weight excluding hydrogens is 178 g/mol. The minimum atomic E-state index is 0.190. The SMILES string of the molecule is Cc1c(N)cccc1OC1CCOC1. The average Bonchev–Trinajstić information content (AvgIpc) is 2.66. The van der Waals surface area contributed by atoms with Gasteiger partial charge in [0.2, 0.25) is 0 Å². The van der Waals surface area contributed by atoms with Gasteiger partial charge in [-0.05, 0) is 19.1 Å². The molecule has 1 heterocycles. The number of benzene rings is 1. The second-order valence-electron chi connectivity index (χ2n) is 3.57. The summed E-state index contributed by atoms with van der Waals surface area (Å²) in [4.78, 5) is 0. The first-order valence-corrected chi connectivity index (χ1v) is 4.87. The van der Waals surface area contributed by atoms with Gasteiger partial charge in [0, 0.05) is 17.7 Å². The molecule has 2 N–H and O–H groups in total. The summed E-state index contributed by atoms with van der Waals surface area (Å²) in [7, 11) is 0. The Morgan fingerprint density at radius 3 is 3.07 bits per heavy atom. The summed E-state index contributed by atoms with van der Waals surface area (Å²) in [6.07, 6.45) is 1.16. The van der Waals surface area contributed by atoms with Crippen LogP contribution in [0.1, 0.15) is 12.0 Å². The normalized spacial score (nSPS) is 21.1. The summed E-state index contributed by atoms with van der Waals surface area (Å²) in [5.74, 6) is 0.875. The molecule has 1 aromatic carbocycles. The summed E-state index contributed by atoms with van der Waals surface area (Å²) < 4.78 is 11.0. The van der Waals surface area contributed by atoms with Crippen molar-refractivity contribution < 1.29 is 9.47 Å². The molecule has 3 heteroatoms. The summed E-state index contributed by atoms with van der Waals surface area (Å²) in [5, 5.41) is 0. The van der Waals surface area contributed by atoms with E-state index in [9.17, 15) is 0 Å². The lowest BCUT2D eigenvalue weighted by molar-refractivity contribution is 0.141. The molecule has 0 aliphatic carbocycles. The zero-order valence-electron chi connectivity index (χ0n) is 8.32. The van der Waals surface area contributed by atoms with Gasteiger partial charge in [0.15, 0.2) is 0 Å². The van der Waals surface area contributed by atoms with Gasteiger partial charge >= 0.3 is 0 Å². The molecule has 2 rings (SSSR count). The fraction of sp³-hybridized carbons (Fsp3) is 0.455. The van der Waals surface area contributed by atoms with E-state index in [-0.39, 0.29) is 6.10 Å². The van der Waals surface area contributed by atoms with Crippen LogP contribution in [0.3, 0.4) is 0 Å². The van der Waals surface area contributed by atoms with Gasteiger partial charge in [-0.3, -0.25) is 0 Å². The maximum absolute atomic E-state index is 5.78. The molecule has 1 unspecified atom stereocenters. The monoisotopic (exact) mass is 193 g/mol. The summed E-state index contributed by atoms with van der Waals surface area (Å²) in [5.41, 5.74) is 7.58. The molecule has 1 aromatic rings. The number of nitrogen functional groups attached to an aromatic ring is 1. The van der Waals surface area contributed by atoms with Gasteiger partial charge in [0.05, 0.1) is 13.2 Å². The Morgan fingerprint density at radius 1 is 1.50 bits per heavy atom. The maximum atomic E-state index is 5.78. The van der Waals surface area contributed by atoms with Gasteiger partial charge < -0.3 is 15.2 Å². The molecule has 0 amide bonds. The predicted octanol–water partition coefficient (Wildman–Crippen LogP) is 1.74. The maximum Gasteiger partial charge on any atom is 0.124 e. The number of nitrogens with two attached hydrogens (primary N) is 1. The van der Waals surface area contributed by atoms with E-state index < -0.39 is 0 Å². The molecule has 14 heavy (non-hydrogen) atoms. The standard InChI is InChI=1S/C11H15NO2/c1-8-10(12)3-2-4-11(8)14-9-5-6-13-7-9/h2-4,9H,5-7,12H2,1H3. The van der Waals surface area contributed by atoms with Crippen molar-refractivity contribution >= 4 is 5.69 Å². The number of hydrogen-bond donors (Lipinski definition) is 1. The highest BCUT2D eigenvalue weighted by Gasteiger charge is 2.18. The van der Waals surface area contributed by atoms with Crippen molar-refractivity contribution in [3.05, 3.63) is 23.8 Å². The summed E-state index contributed by atoms with van der Waals surface area (Å²) >= 11 is 0. The molecule has 1 saturated heterocycles. The molecule has 0 spiro atoms. The second-order valence-corrected chi connectivity index (χ2v) is 3.57. The lowest BCUT2D eigenvalue weighted by Crippen LogP contribution is -2.16. The van der Waals surface area contributed by atoms with E-state index in [0.29, 0.717) is 6.61 Å². The zero-order valence-corrected chi connectivity index (χ0v) is 8.32. The Hall–Kier alpha value is -1.22. The van der Waals surface area contributed by atoms with Crippen molar-refractivity contribution in [2.45, 2.75) is 19.4 Å². The summed E-state index contributed by atoms with van der Waals surface area (Å²) in [6, 6.07) is 5.74. The van der Waals surface area contributed by atoms with Gasteiger partial charge in [0.1, 0.15) is 11.9 Å². The molecule has 1 atom stereocenters. The van der Waals surface area contributed by atoms with Crippen LogP contribution >= 0.6 is 0 Å². The van der Waals surface area contributed by atoms with Crippen molar-refractivity contribution in [1.29, 1.82) is 0 Å². The third-order valence-electron chi connectivity index (χ3n) is 2.51. The quantitative estimate of drug-likeness (QED) is 0.728. The van der Waals surface area contributed by atoms with E-state index in [4.69, 9.17) is 15.2 Å². The highest BCUT2D eigenvalue weighted by atomic mass is 16.5. The minimum absolute atomic E-state index is 0.190. The van der Waals surface area contributed by atoms with Crippen molar-refractivity contribution in [2.75, 3.05) is 18.9 Å². The molecule has 76 valence electrons. The average molecular weight is 193 g/mol. The van der Waals surface area contributed by atoms with Crippen LogP contribution in [0.25, 0.3) is 0 Å². The lowest BCUT2D eigenvalue weighted by atomic mass is 10.2. The van der Waals surface area contributed by atoms with Crippen molar-refractivity contribution in [3.8, 4) is 5.75 Å². The Balaban J connectivity index is 2.11. The van der Waals surface area contributed by atoms with Gasteiger partial charge in [-0.15, -0.1) is 0 Å². The third kappa shape index (κ3) is 1.82. The second kappa shape index (κ2) is 3.88. The van der Waals surface area contributed by atoms with Crippen LogP contribution in [0, 0.1) is 6.92 Å². The van der Waals surface area contributed by atoms with Crippen LogP contribution in [-0.4, -0.2) is 19.3 Å². The fourth-order valence-electron chi connectivity index (χ4n) is 1.54. The first-order chi connectivity index (χ1) is 6.77. The van der Waals surface area contributed by atoms with Crippen LogP contribution in [0.4, 0.5) is 5.69 Å². The van der Waals surface area contributed by atoms with E-state index >= 15 is 0 Å². The van der Waals surface area contributed by atoms with Gasteiger partial charge in [-0.1, -0.05) is 6.07 Å². The van der Waals surface area contributed by atoms with Gasteiger partial charge in [-0.25, -0.2) is 0 Å². The largest absolute Gasteiger partial charge is 0.488 e. The third-order valence-corrected chi connectivity index (χ3v) is 2.51. The number of rotatable bonds is 2. The molecule has 0 radical (unpaired) electrons. The summed E-state index contributed by atoms with van der Waals surface area (Å²) in [6.45, 7) is 3.46. The fourth-order valence-corrected chi connectivity index (χ4v) is 1.54. The van der Waals surface area contributed by atoms with Crippen molar-refractivity contribution in [3.63, 3.8) is 0 Å². The van der Waals surface area contributed by atoms with Crippen molar-refractivity contribution in [1.82, 2.24) is 0 Å².